The number of thiazole rings is 1. The quantitative estimate of drug-likeness (QED) is 0.184. The standard InChI is InChI=1S/C19H26N6OS.HI/c1-4-14-13(16(5-2)26-25-14)12-23-18(20-3)21-10-11-22-19-24-15-8-6-7-9-17(15)27-19;/h6-9H,4-5,10-12H2,1-3H3,(H,22,24)(H2,20,21,23);1H. The summed E-state index contributed by atoms with van der Waals surface area (Å²) in [7, 11) is 1.77. The molecule has 0 aliphatic carbocycles. The molecule has 0 aliphatic heterocycles. The number of aromatic nitrogens is 2. The Balaban J connectivity index is 0.00000280. The number of halogens is 1. The van der Waals surface area contributed by atoms with E-state index in [1.54, 1.807) is 18.4 Å². The van der Waals surface area contributed by atoms with Crippen molar-refractivity contribution in [2.45, 2.75) is 33.2 Å². The monoisotopic (exact) mass is 514 g/mol. The number of nitrogens with one attached hydrogen (secondary N) is 3. The molecule has 0 radical (unpaired) electrons. The molecule has 3 aromatic rings. The molecule has 0 amide bonds. The predicted octanol–water partition coefficient (Wildman–Crippen LogP) is 3.80. The van der Waals surface area contributed by atoms with Crippen LogP contribution in [0.25, 0.3) is 10.2 Å². The number of para-hydroxylation sites is 1. The molecule has 0 unspecified atom stereocenters. The molecule has 0 aliphatic rings. The van der Waals surface area contributed by atoms with Gasteiger partial charge >= 0.3 is 0 Å². The van der Waals surface area contributed by atoms with E-state index in [1.807, 2.05) is 18.2 Å². The first-order valence-electron chi connectivity index (χ1n) is 9.25. The number of hydrogen-bond donors (Lipinski definition) is 3. The molecular weight excluding hydrogens is 487 g/mol. The van der Waals surface area contributed by atoms with E-state index in [-0.39, 0.29) is 24.0 Å². The lowest BCUT2D eigenvalue weighted by Gasteiger charge is -2.12. The van der Waals surface area contributed by atoms with Crippen LogP contribution in [0.3, 0.4) is 0 Å². The number of anilines is 1. The smallest absolute Gasteiger partial charge is 0.191 e. The van der Waals surface area contributed by atoms with Gasteiger partial charge in [0, 0.05) is 38.7 Å². The summed E-state index contributed by atoms with van der Waals surface area (Å²) in [6.45, 7) is 6.31. The lowest BCUT2D eigenvalue weighted by atomic mass is 10.1. The van der Waals surface area contributed by atoms with Gasteiger partial charge in [0.05, 0.1) is 15.9 Å². The van der Waals surface area contributed by atoms with Crippen molar-refractivity contribution in [3.63, 3.8) is 0 Å². The Labute approximate surface area is 186 Å². The zero-order valence-corrected chi connectivity index (χ0v) is 19.6. The van der Waals surface area contributed by atoms with Gasteiger partial charge in [-0.2, -0.15) is 0 Å². The number of guanidine groups is 1. The van der Waals surface area contributed by atoms with E-state index in [9.17, 15) is 0 Å². The molecule has 7 nitrogen and oxygen atoms in total. The van der Waals surface area contributed by atoms with Crippen molar-refractivity contribution in [3.05, 3.63) is 41.3 Å². The van der Waals surface area contributed by atoms with E-state index in [0.29, 0.717) is 6.54 Å². The minimum absolute atomic E-state index is 0. The Kier molecular flexibility index (Phi) is 8.97. The highest BCUT2D eigenvalue weighted by Crippen LogP contribution is 2.24. The van der Waals surface area contributed by atoms with Gasteiger partial charge < -0.3 is 20.5 Å². The maximum Gasteiger partial charge on any atom is 0.191 e. The van der Waals surface area contributed by atoms with Gasteiger partial charge in [0.25, 0.3) is 0 Å². The maximum atomic E-state index is 5.41. The fraction of sp³-hybridized carbons (Fsp3) is 0.421. The molecule has 9 heteroatoms. The number of rotatable bonds is 8. The number of hydrogen-bond acceptors (Lipinski definition) is 6. The predicted molar refractivity (Wildman–Crippen MR) is 127 cm³/mol. The summed E-state index contributed by atoms with van der Waals surface area (Å²) in [5, 5.41) is 15.1. The lowest BCUT2D eigenvalue weighted by molar-refractivity contribution is 0.380. The van der Waals surface area contributed by atoms with Crippen LogP contribution in [0.15, 0.2) is 33.8 Å². The van der Waals surface area contributed by atoms with Crippen molar-refractivity contribution < 1.29 is 4.52 Å². The number of aliphatic imine (C=N–C) groups is 1. The van der Waals surface area contributed by atoms with Crippen LogP contribution >= 0.6 is 35.3 Å². The van der Waals surface area contributed by atoms with Gasteiger partial charge in [-0.15, -0.1) is 24.0 Å². The molecule has 1 aromatic carbocycles. The van der Waals surface area contributed by atoms with Crippen molar-refractivity contribution in [2.75, 3.05) is 25.5 Å². The van der Waals surface area contributed by atoms with Gasteiger partial charge in [0.2, 0.25) is 0 Å². The summed E-state index contributed by atoms with van der Waals surface area (Å²) >= 11 is 1.67. The summed E-state index contributed by atoms with van der Waals surface area (Å²) in [5.74, 6) is 1.69. The molecule has 0 bridgehead atoms. The third-order valence-electron chi connectivity index (χ3n) is 4.25. The van der Waals surface area contributed by atoms with Crippen molar-refractivity contribution in [1.82, 2.24) is 20.8 Å². The number of nitrogens with zero attached hydrogens (tertiary/aromatic N) is 3. The van der Waals surface area contributed by atoms with E-state index in [1.165, 1.54) is 4.70 Å². The Morgan fingerprint density at radius 2 is 1.96 bits per heavy atom. The van der Waals surface area contributed by atoms with Gasteiger partial charge in [-0.1, -0.05) is 42.5 Å². The minimum Gasteiger partial charge on any atom is -0.361 e. The average Bonchev–Trinajstić information content (AvgIpc) is 3.30. The van der Waals surface area contributed by atoms with Crippen molar-refractivity contribution >= 4 is 56.6 Å². The molecule has 28 heavy (non-hydrogen) atoms. The molecule has 0 fully saturated rings. The first-order chi connectivity index (χ1) is 13.2. The SMILES string of the molecule is CCc1noc(CC)c1CNC(=NC)NCCNc1nc2ccccc2s1.I. The van der Waals surface area contributed by atoms with Crippen LogP contribution in [0.1, 0.15) is 30.9 Å². The summed E-state index contributed by atoms with van der Waals surface area (Å²) in [5.41, 5.74) is 3.17. The van der Waals surface area contributed by atoms with Gasteiger partial charge in [0.1, 0.15) is 5.76 Å². The fourth-order valence-electron chi connectivity index (χ4n) is 2.83. The van der Waals surface area contributed by atoms with Gasteiger partial charge in [0.15, 0.2) is 11.1 Å². The van der Waals surface area contributed by atoms with E-state index in [0.717, 1.165) is 59.6 Å². The summed E-state index contributed by atoms with van der Waals surface area (Å²) in [4.78, 5) is 8.85. The van der Waals surface area contributed by atoms with Crippen molar-refractivity contribution in [1.29, 1.82) is 0 Å². The minimum atomic E-state index is 0. The molecule has 3 rings (SSSR count). The van der Waals surface area contributed by atoms with E-state index < -0.39 is 0 Å². The largest absolute Gasteiger partial charge is 0.361 e. The molecule has 0 spiro atoms. The number of fused-ring (bicyclic) bond motifs is 1. The average molecular weight is 514 g/mol. The third kappa shape index (κ3) is 5.57. The molecule has 2 heterocycles. The van der Waals surface area contributed by atoms with E-state index >= 15 is 0 Å². The normalized spacial score (nSPS) is 11.3. The zero-order chi connectivity index (χ0) is 19.1. The molecule has 2 aromatic heterocycles. The first kappa shape index (κ1) is 22.4. The van der Waals surface area contributed by atoms with Crippen LogP contribution in [0.2, 0.25) is 0 Å². The third-order valence-corrected chi connectivity index (χ3v) is 5.24. The molecular formula is C19H27IN6OS. The fourth-order valence-corrected chi connectivity index (χ4v) is 3.72. The molecule has 0 atom stereocenters. The number of aryl methyl sites for hydroxylation is 2. The maximum absolute atomic E-state index is 5.41. The van der Waals surface area contributed by atoms with Gasteiger partial charge in [-0.3, -0.25) is 4.99 Å². The molecule has 152 valence electrons. The summed E-state index contributed by atoms with van der Waals surface area (Å²) < 4.78 is 6.60. The molecule has 0 saturated carbocycles. The van der Waals surface area contributed by atoms with Crippen LogP contribution in [0, 0.1) is 0 Å². The van der Waals surface area contributed by atoms with Crippen LogP contribution in [0.4, 0.5) is 5.13 Å². The van der Waals surface area contributed by atoms with E-state index in [4.69, 9.17) is 4.52 Å². The van der Waals surface area contributed by atoms with Gasteiger partial charge in [-0.05, 0) is 18.6 Å². The summed E-state index contributed by atoms with van der Waals surface area (Å²) in [6.07, 6.45) is 1.70. The van der Waals surface area contributed by atoms with Crippen molar-refractivity contribution in [3.8, 4) is 0 Å². The second kappa shape index (κ2) is 11.2. The second-order valence-corrected chi connectivity index (χ2v) is 7.03. The van der Waals surface area contributed by atoms with Crippen LogP contribution in [0.5, 0.6) is 0 Å². The second-order valence-electron chi connectivity index (χ2n) is 6.00. The molecule has 3 N–H and O–H groups in total. The van der Waals surface area contributed by atoms with Crippen LogP contribution < -0.4 is 16.0 Å². The van der Waals surface area contributed by atoms with E-state index in [2.05, 4.69) is 51.0 Å². The highest BCUT2D eigenvalue weighted by molar-refractivity contribution is 14.0. The Morgan fingerprint density at radius 1 is 1.14 bits per heavy atom. The van der Waals surface area contributed by atoms with Gasteiger partial charge in [-0.25, -0.2) is 4.98 Å². The Hall–Kier alpha value is -1.88. The Morgan fingerprint density at radius 3 is 2.68 bits per heavy atom. The number of benzene rings is 1. The molecule has 0 saturated heterocycles. The van der Waals surface area contributed by atoms with Crippen LogP contribution in [-0.2, 0) is 19.4 Å². The first-order valence-corrected chi connectivity index (χ1v) is 10.1. The van der Waals surface area contributed by atoms with Crippen LogP contribution in [-0.4, -0.2) is 36.2 Å². The highest BCUT2D eigenvalue weighted by Gasteiger charge is 2.13. The van der Waals surface area contributed by atoms with Crippen molar-refractivity contribution in [2.24, 2.45) is 4.99 Å². The zero-order valence-electron chi connectivity index (χ0n) is 16.4. The Bertz CT molecular complexity index is 852. The summed E-state index contributed by atoms with van der Waals surface area (Å²) in [6, 6.07) is 8.15. The topological polar surface area (TPSA) is 87.4 Å². The lowest BCUT2D eigenvalue weighted by Crippen LogP contribution is -2.39. The highest BCUT2D eigenvalue weighted by atomic mass is 127.